The first-order valence-corrected chi connectivity index (χ1v) is 7.27. The summed E-state index contributed by atoms with van der Waals surface area (Å²) in [5.74, 6) is 0.620. The third-order valence-electron chi connectivity index (χ3n) is 3.47. The molecule has 0 spiro atoms. The minimum absolute atomic E-state index is 0.175. The fourth-order valence-corrected chi connectivity index (χ4v) is 2.60. The first kappa shape index (κ1) is 14.0. The minimum Gasteiger partial charge on any atom is -0.326 e. The predicted molar refractivity (Wildman–Crippen MR) is 81.9 cm³/mol. The van der Waals surface area contributed by atoms with Crippen molar-refractivity contribution in [3.8, 4) is 0 Å². The number of benzene rings is 1. The van der Waals surface area contributed by atoms with Crippen LogP contribution in [0.5, 0.6) is 0 Å². The monoisotopic (exact) mass is 303 g/mol. The summed E-state index contributed by atoms with van der Waals surface area (Å²) in [5, 5.41) is -0.175. The molecule has 5 heteroatoms. The topological polar surface area (TPSA) is 30.7 Å². The van der Waals surface area contributed by atoms with Crippen LogP contribution in [-0.4, -0.2) is 14.5 Å². The van der Waals surface area contributed by atoms with E-state index < -0.39 is 0 Å². The summed E-state index contributed by atoms with van der Waals surface area (Å²) >= 11 is 6.23. The highest BCUT2D eigenvalue weighted by molar-refractivity contribution is 6.20. The molecule has 3 aromatic rings. The van der Waals surface area contributed by atoms with Crippen LogP contribution in [0.2, 0.25) is 0 Å². The minimum atomic E-state index is -0.215. The average Bonchev–Trinajstić information content (AvgIpc) is 2.86. The van der Waals surface area contributed by atoms with Gasteiger partial charge in [0.15, 0.2) is 0 Å². The lowest BCUT2D eigenvalue weighted by atomic mass is 10.1. The number of nitrogens with zero attached hydrogens (tertiary/aromatic N) is 3. The molecule has 3 nitrogen and oxygen atoms in total. The quantitative estimate of drug-likeness (QED) is 0.679. The van der Waals surface area contributed by atoms with Gasteiger partial charge in [0.25, 0.3) is 0 Å². The molecule has 1 aromatic carbocycles. The van der Waals surface area contributed by atoms with Crippen molar-refractivity contribution in [1.82, 2.24) is 14.5 Å². The number of rotatable bonds is 4. The third-order valence-corrected chi connectivity index (χ3v) is 3.67. The third kappa shape index (κ3) is 2.90. The van der Waals surface area contributed by atoms with Gasteiger partial charge < -0.3 is 4.57 Å². The molecule has 0 radical (unpaired) electrons. The van der Waals surface area contributed by atoms with Crippen LogP contribution in [0.1, 0.15) is 23.7 Å². The van der Waals surface area contributed by atoms with Gasteiger partial charge in [-0.3, -0.25) is 4.98 Å². The summed E-state index contributed by atoms with van der Waals surface area (Å²) in [6, 6.07) is 8.52. The van der Waals surface area contributed by atoms with Gasteiger partial charge in [0.05, 0.1) is 17.1 Å². The SMILES string of the molecule is CC(Cl)c1nc2cnccc2n1CCc1ccc(F)cc1. The largest absolute Gasteiger partial charge is 0.326 e. The summed E-state index contributed by atoms with van der Waals surface area (Å²) in [4.78, 5) is 8.64. The summed E-state index contributed by atoms with van der Waals surface area (Å²) in [6.45, 7) is 2.66. The Hall–Kier alpha value is -1.94. The molecule has 0 saturated heterocycles. The first-order valence-electron chi connectivity index (χ1n) is 6.84. The van der Waals surface area contributed by atoms with Gasteiger partial charge in [0.2, 0.25) is 0 Å². The summed E-state index contributed by atoms with van der Waals surface area (Å²) < 4.78 is 15.0. The number of hydrogen-bond acceptors (Lipinski definition) is 2. The van der Waals surface area contributed by atoms with E-state index in [4.69, 9.17) is 11.6 Å². The Morgan fingerprint density at radius 2 is 2.00 bits per heavy atom. The molecule has 108 valence electrons. The van der Waals surface area contributed by atoms with Crippen LogP contribution in [0.3, 0.4) is 0 Å². The Morgan fingerprint density at radius 1 is 1.24 bits per heavy atom. The second-order valence-electron chi connectivity index (χ2n) is 4.98. The molecule has 21 heavy (non-hydrogen) atoms. The molecule has 0 aliphatic carbocycles. The molecule has 0 aliphatic rings. The lowest BCUT2D eigenvalue weighted by Crippen LogP contribution is -2.07. The van der Waals surface area contributed by atoms with Gasteiger partial charge in [0, 0.05) is 12.7 Å². The number of imidazole rings is 1. The van der Waals surface area contributed by atoms with Gasteiger partial charge in [-0.2, -0.15) is 0 Å². The van der Waals surface area contributed by atoms with Gasteiger partial charge in [-0.05, 0) is 37.1 Å². The number of aryl methyl sites for hydroxylation is 2. The standard InChI is InChI=1S/C16H15ClFN3/c1-11(17)16-20-14-10-19-8-6-15(14)21(16)9-7-12-2-4-13(18)5-3-12/h2-6,8,10-11H,7,9H2,1H3. The maximum atomic E-state index is 12.9. The van der Waals surface area contributed by atoms with Crippen molar-refractivity contribution in [2.45, 2.75) is 25.3 Å². The molecule has 1 unspecified atom stereocenters. The van der Waals surface area contributed by atoms with E-state index in [1.54, 1.807) is 24.5 Å². The van der Waals surface area contributed by atoms with Gasteiger partial charge in [0.1, 0.15) is 17.2 Å². The molecule has 2 aromatic heterocycles. The molecule has 0 aliphatic heterocycles. The normalized spacial score (nSPS) is 12.7. The fraction of sp³-hybridized carbons (Fsp3) is 0.250. The van der Waals surface area contributed by atoms with Gasteiger partial charge in [-0.25, -0.2) is 9.37 Å². The maximum absolute atomic E-state index is 12.9. The number of alkyl halides is 1. The summed E-state index contributed by atoms with van der Waals surface area (Å²) in [7, 11) is 0. The number of aromatic nitrogens is 3. The highest BCUT2D eigenvalue weighted by atomic mass is 35.5. The molecular formula is C16H15ClFN3. The van der Waals surface area contributed by atoms with E-state index in [1.165, 1.54) is 12.1 Å². The summed E-state index contributed by atoms with van der Waals surface area (Å²) in [5.41, 5.74) is 2.95. The van der Waals surface area contributed by atoms with Crippen LogP contribution in [0.4, 0.5) is 4.39 Å². The van der Waals surface area contributed by atoms with E-state index >= 15 is 0 Å². The molecule has 3 rings (SSSR count). The molecular weight excluding hydrogens is 289 g/mol. The summed E-state index contributed by atoms with van der Waals surface area (Å²) in [6.07, 6.45) is 4.29. The van der Waals surface area contributed by atoms with Crippen molar-refractivity contribution in [1.29, 1.82) is 0 Å². The van der Waals surface area contributed by atoms with Crippen molar-refractivity contribution in [3.05, 3.63) is 59.9 Å². The van der Waals surface area contributed by atoms with Crippen molar-refractivity contribution in [3.63, 3.8) is 0 Å². The smallest absolute Gasteiger partial charge is 0.127 e. The molecule has 1 atom stereocenters. The van der Waals surface area contributed by atoms with E-state index in [2.05, 4.69) is 14.5 Å². The van der Waals surface area contributed by atoms with Gasteiger partial charge in [-0.1, -0.05) is 12.1 Å². The van der Waals surface area contributed by atoms with E-state index in [1.807, 2.05) is 13.0 Å². The van der Waals surface area contributed by atoms with Crippen LogP contribution >= 0.6 is 11.6 Å². The molecule has 0 bridgehead atoms. The molecule has 0 fully saturated rings. The van der Waals surface area contributed by atoms with Crippen LogP contribution < -0.4 is 0 Å². The number of pyridine rings is 1. The van der Waals surface area contributed by atoms with Crippen LogP contribution in [0.25, 0.3) is 11.0 Å². The first-order chi connectivity index (χ1) is 10.1. The van der Waals surface area contributed by atoms with E-state index in [9.17, 15) is 4.39 Å². The highest BCUT2D eigenvalue weighted by Gasteiger charge is 2.14. The van der Waals surface area contributed by atoms with Crippen LogP contribution in [0, 0.1) is 5.82 Å². The lowest BCUT2D eigenvalue weighted by molar-refractivity contribution is 0.624. The van der Waals surface area contributed by atoms with E-state index in [0.29, 0.717) is 0 Å². The van der Waals surface area contributed by atoms with Crippen LogP contribution in [0.15, 0.2) is 42.7 Å². The van der Waals surface area contributed by atoms with Crippen molar-refractivity contribution < 1.29 is 4.39 Å². The zero-order valence-electron chi connectivity index (χ0n) is 11.6. The molecule has 2 heterocycles. The number of fused-ring (bicyclic) bond motifs is 1. The zero-order valence-corrected chi connectivity index (χ0v) is 12.4. The van der Waals surface area contributed by atoms with Crippen molar-refractivity contribution >= 4 is 22.6 Å². The molecule has 0 amide bonds. The van der Waals surface area contributed by atoms with E-state index in [-0.39, 0.29) is 11.2 Å². The number of hydrogen-bond donors (Lipinski definition) is 0. The second kappa shape index (κ2) is 5.82. The Bertz CT molecular complexity index is 750. The molecule has 0 N–H and O–H groups in total. The fourth-order valence-electron chi connectivity index (χ4n) is 2.43. The molecule has 0 saturated carbocycles. The predicted octanol–water partition coefficient (Wildman–Crippen LogP) is 4.11. The number of halogens is 2. The Morgan fingerprint density at radius 3 is 2.71 bits per heavy atom. The van der Waals surface area contributed by atoms with E-state index in [0.717, 1.165) is 35.4 Å². The second-order valence-corrected chi connectivity index (χ2v) is 5.63. The Kier molecular flexibility index (Phi) is 3.88. The van der Waals surface area contributed by atoms with Gasteiger partial charge in [-0.15, -0.1) is 11.6 Å². The Labute approximate surface area is 127 Å². The average molecular weight is 304 g/mol. The van der Waals surface area contributed by atoms with Crippen molar-refractivity contribution in [2.24, 2.45) is 0 Å². The van der Waals surface area contributed by atoms with Crippen molar-refractivity contribution in [2.75, 3.05) is 0 Å². The van der Waals surface area contributed by atoms with Crippen LogP contribution in [-0.2, 0) is 13.0 Å². The highest BCUT2D eigenvalue weighted by Crippen LogP contribution is 2.24. The maximum Gasteiger partial charge on any atom is 0.127 e. The zero-order chi connectivity index (χ0) is 14.8. The lowest BCUT2D eigenvalue weighted by Gasteiger charge is -2.10. The Balaban J connectivity index is 1.91. The van der Waals surface area contributed by atoms with Gasteiger partial charge >= 0.3 is 0 Å².